The normalized spacial score (nSPS) is 15.9. The van der Waals surface area contributed by atoms with Gasteiger partial charge in [0.05, 0.1) is 10.7 Å². The lowest BCUT2D eigenvalue weighted by Gasteiger charge is -2.32. The second kappa shape index (κ2) is 8.31. The topological polar surface area (TPSA) is 69.9 Å². The van der Waals surface area contributed by atoms with Crippen molar-refractivity contribution in [1.82, 2.24) is 19.6 Å². The predicted molar refractivity (Wildman–Crippen MR) is 110 cm³/mol. The fraction of sp³-hybridized carbons (Fsp3) is 0.333. The molecule has 0 saturated carbocycles. The van der Waals surface area contributed by atoms with Gasteiger partial charge in [-0.15, -0.1) is 0 Å². The largest absolute Gasteiger partial charge is 0.504 e. The van der Waals surface area contributed by atoms with Crippen molar-refractivity contribution in [3.8, 4) is 5.75 Å². The summed E-state index contributed by atoms with van der Waals surface area (Å²) in [4.78, 5) is 19.2. The monoisotopic (exact) mass is 398 g/mol. The van der Waals surface area contributed by atoms with Crippen LogP contribution in [0, 0.1) is 0 Å². The van der Waals surface area contributed by atoms with Gasteiger partial charge in [-0.25, -0.2) is 4.98 Å². The molecule has 28 heavy (non-hydrogen) atoms. The third-order valence-electron chi connectivity index (χ3n) is 5.17. The van der Waals surface area contributed by atoms with Gasteiger partial charge < -0.3 is 10.4 Å². The van der Waals surface area contributed by atoms with Crippen LogP contribution in [-0.2, 0) is 13.1 Å². The maximum atomic E-state index is 12.3. The molecule has 7 heteroatoms. The summed E-state index contributed by atoms with van der Waals surface area (Å²) in [5.41, 5.74) is 1.94. The van der Waals surface area contributed by atoms with E-state index in [1.165, 1.54) is 28.3 Å². The van der Waals surface area contributed by atoms with E-state index in [1.807, 2.05) is 6.07 Å². The number of aromatic nitrogens is 2. The average molecular weight is 399 g/mol. The molecule has 3 aromatic rings. The molecule has 4 rings (SSSR count). The summed E-state index contributed by atoms with van der Waals surface area (Å²) < 4.78 is 1.27. The Morgan fingerprint density at radius 2 is 1.93 bits per heavy atom. The Labute approximate surface area is 168 Å². The smallest absolute Gasteiger partial charge is 0.258 e. The summed E-state index contributed by atoms with van der Waals surface area (Å²) >= 11 is 5.90. The van der Waals surface area contributed by atoms with Crippen LogP contribution in [0.25, 0.3) is 5.65 Å². The zero-order chi connectivity index (χ0) is 19.5. The Hall–Kier alpha value is -2.41. The molecular weight excluding hydrogens is 376 g/mol. The SMILES string of the molecule is O=c1cc(CNC2CCN(Cc3ccccc3)CC2)nc2c(O)cc(Cl)cn12. The Morgan fingerprint density at radius 3 is 2.68 bits per heavy atom. The Bertz CT molecular complexity index is 1010. The van der Waals surface area contributed by atoms with Crippen molar-refractivity contribution < 1.29 is 5.11 Å². The van der Waals surface area contributed by atoms with Crippen molar-refractivity contribution in [3.63, 3.8) is 0 Å². The summed E-state index contributed by atoms with van der Waals surface area (Å²) in [7, 11) is 0. The van der Waals surface area contributed by atoms with E-state index in [1.54, 1.807) is 0 Å². The predicted octanol–water partition coefficient (Wildman–Crippen LogP) is 2.81. The highest BCUT2D eigenvalue weighted by Gasteiger charge is 2.19. The van der Waals surface area contributed by atoms with Gasteiger partial charge in [-0.3, -0.25) is 14.1 Å². The molecule has 1 aliphatic heterocycles. The van der Waals surface area contributed by atoms with Crippen molar-refractivity contribution in [1.29, 1.82) is 0 Å². The summed E-state index contributed by atoms with van der Waals surface area (Å²) in [6.07, 6.45) is 3.58. The van der Waals surface area contributed by atoms with Crippen LogP contribution in [-0.4, -0.2) is 38.5 Å². The van der Waals surface area contributed by atoms with Crippen LogP contribution in [0.5, 0.6) is 5.75 Å². The molecule has 146 valence electrons. The van der Waals surface area contributed by atoms with Gasteiger partial charge in [-0.1, -0.05) is 41.9 Å². The molecule has 0 amide bonds. The standard InChI is InChI=1S/C21H23ClN4O2/c22-16-10-19(27)21-24-18(11-20(28)26(21)14-16)12-23-17-6-8-25(9-7-17)13-15-4-2-1-3-5-15/h1-5,10-11,14,17,23,27H,6-9,12-13H2. The third kappa shape index (κ3) is 4.35. The minimum Gasteiger partial charge on any atom is -0.504 e. The second-order valence-electron chi connectivity index (χ2n) is 7.24. The molecule has 1 fully saturated rings. The lowest BCUT2D eigenvalue weighted by atomic mass is 10.0. The first-order valence-corrected chi connectivity index (χ1v) is 9.87. The number of benzene rings is 1. The first-order valence-electron chi connectivity index (χ1n) is 9.49. The molecule has 0 radical (unpaired) electrons. The first kappa shape index (κ1) is 18.9. The molecule has 2 N–H and O–H groups in total. The van der Waals surface area contributed by atoms with Gasteiger partial charge in [-0.2, -0.15) is 0 Å². The highest BCUT2D eigenvalue weighted by atomic mass is 35.5. The van der Waals surface area contributed by atoms with Crippen LogP contribution < -0.4 is 10.9 Å². The number of hydrogen-bond acceptors (Lipinski definition) is 5. The number of fused-ring (bicyclic) bond motifs is 1. The van der Waals surface area contributed by atoms with Crippen LogP contribution in [0.1, 0.15) is 24.1 Å². The molecule has 1 saturated heterocycles. The van der Waals surface area contributed by atoms with E-state index in [9.17, 15) is 9.90 Å². The fourth-order valence-electron chi connectivity index (χ4n) is 3.68. The van der Waals surface area contributed by atoms with Gasteiger partial charge in [0.15, 0.2) is 11.4 Å². The number of halogens is 1. The van der Waals surface area contributed by atoms with Crippen molar-refractivity contribution >= 4 is 17.2 Å². The summed E-state index contributed by atoms with van der Waals surface area (Å²) in [5.74, 6) is -0.0966. The van der Waals surface area contributed by atoms with Gasteiger partial charge in [-0.05, 0) is 31.5 Å². The van der Waals surface area contributed by atoms with Crippen LogP contribution >= 0.6 is 11.6 Å². The average Bonchev–Trinajstić information content (AvgIpc) is 2.69. The van der Waals surface area contributed by atoms with Gasteiger partial charge in [0.2, 0.25) is 0 Å². The Balaban J connectivity index is 1.35. The molecule has 0 spiro atoms. The number of likely N-dealkylation sites (tertiary alicyclic amines) is 1. The van der Waals surface area contributed by atoms with Crippen LogP contribution in [0.4, 0.5) is 0 Å². The number of nitrogens with zero attached hydrogens (tertiary/aromatic N) is 3. The summed E-state index contributed by atoms with van der Waals surface area (Å²) in [6.45, 7) is 3.56. The number of piperidine rings is 1. The van der Waals surface area contributed by atoms with Crippen molar-refractivity contribution in [2.75, 3.05) is 13.1 Å². The highest BCUT2D eigenvalue weighted by Crippen LogP contribution is 2.20. The van der Waals surface area contributed by atoms with E-state index in [0.717, 1.165) is 32.5 Å². The van der Waals surface area contributed by atoms with E-state index in [-0.39, 0.29) is 17.0 Å². The second-order valence-corrected chi connectivity index (χ2v) is 7.68. The summed E-state index contributed by atoms with van der Waals surface area (Å²) in [6, 6.07) is 13.8. The van der Waals surface area contributed by atoms with E-state index in [4.69, 9.17) is 11.6 Å². The Kier molecular flexibility index (Phi) is 5.62. The van der Waals surface area contributed by atoms with Gasteiger partial charge in [0, 0.05) is 37.5 Å². The maximum Gasteiger partial charge on any atom is 0.258 e. The molecule has 3 heterocycles. The van der Waals surface area contributed by atoms with Crippen LogP contribution in [0.3, 0.4) is 0 Å². The van der Waals surface area contributed by atoms with Crippen LogP contribution in [0.2, 0.25) is 5.02 Å². The quantitative estimate of drug-likeness (QED) is 0.691. The van der Waals surface area contributed by atoms with Crippen molar-refractivity contribution in [3.05, 3.63) is 75.3 Å². The molecule has 0 unspecified atom stereocenters. The van der Waals surface area contributed by atoms with Crippen LogP contribution in [0.15, 0.2) is 53.5 Å². The molecule has 0 bridgehead atoms. The zero-order valence-electron chi connectivity index (χ0n) is 15.5. The minimum absolute atomic E-state index is 0.0966. The van der Waals surface area contributed by atoms with E-state index in [0.29, 0.717) is 23.3 Å². The molecule has 6 nitrogen and oxygen atoms in total. The van der Waals surface area contributed by atoms with Gasteiger partial charge in [0.1, 0.15) is 0 Å². The molecule has 2 aromatic heterocycles. The van der Waals surface area contributed by atoms with Gasteiger partial charge >= 0.3 is 0 Å². The fourth-order valence-corrected chi connectivity index (χ4v) is 3.88. The Morgan fingerprint density at radius 1 is 1.18 bits per heavy atom. The molecule has 1 aromatic carbocycles. The molecular formula is C21H23ClN4O2. The lowest BCUT2D eigenvalue weighted by Crippen LogP contribution is -2.42. The van der Waals surface area contributed by atoms with E-state index >= 15 is 0 Å². The molecule has 1 aliphatic rings. The number of pyridine rings is 1. The molecule has 0 aliphatic carbocycles. The number of hydrogen-bond donors (Lipinski definition) is 2. The minimum atomic E-state index is -0.253. The van der Waals surface area contributed by atoms with E-state index < -0.39 is 0 Å². The molecule has 0 atom stereocenters. The van der Waals surface area contributed by atoms with E-state index in [2.05, 4.69) is 39.5 Å². The number of aromatic hydroxyl groups is 1. The van der Waals surface area contributed by atoms with Crippen molar-refractivity contribution in [2.45, 2.75) is 32.0 Å². The lowest BCUT2D eigenvalue weighted by molar-refractivity contribution is 0.190. The third-order valence-corrected chi connectivity index (χ3v) is 5.38. The number of rotatable bonds is 5. The summed E-state index contributed by atoms with van der Waals surface area (Å²) in [5, 5.41) is 13.8. The zero-order valence-corrected chi connectivity index (χ0v) is 16.3. The van der Waals surface area contributed by atoms with Crippen molar-refractivity contribution in [2.24, 2.45) is 0 Å². The first-order chi connectivity index (χ1) is 13.6. The maximum absolute atomic E-state index is 12.3. The highest BCUT2D eigenvalue weighted by molar-refractivity contribution is 6.30. The number of nitrogens with one attached hydrogen (secondary N) is 1. The van der Waals surface area contributed by atoms with Gasteiger partial charge in [0.25, 0.3) is 5.56 Å².